The second-order valence-corrected chi connectivity index (χ2v) is 14.2. The average molecular weight is 616 g/mol. The minimum atomic E-state index is -0.971. The Kier molecular flexibility index (Phi) is 9.57. The number of anilines is 2. The van der Waals surface area contributed by atoms with Crippen LogP contribution in [0.4, 0.5) is 20.4 Å². The summed E-state index contributed by atoms with van der Waals surface area (Å²) in [5.41, 5.74) is -0.125. The van der Waals surface area contributed by atoms with Gasteiger partial charge in [0.15, 0.2) is 5.82 Å². The van der Waals surface area contributed by atoms with E-state index in [0.29, 0.717) is 49.6 Å². The Morgan fingerprint density at radius 1 is 1.14 bits per heavy atom. The molecule has 0 saturated carbocycles. The molecule has 0 spiro atoms. The summed E-state index contributed by atoms with van der Waals surface area (Å²) in [6, 6.07) is 9.86. The van der Waals surface area contributed by atoms with Crippen molar-refractivity contribution in [3.05, 3.63) is 70.0 Å². The van der Waals surface area contributed by atoms with Gasteiger partial charge < -0.3 is 15.0 Å². The fourth-order valence-electron chi connectivity index (χ4n) is 5.86. The third kappa shape index (κ3) is 7.92. The van der Waals surface area contributed by atoms with Crippen molar-refractivity contribution in [1.82, 2.24) is 19.7 Å². The number of hydrogen-bond acceptors (Lipinski definition) is 6. The van der Waals surface area contributed by atoms with Gasteiger partial charge in [-0.25, -0.2) is 13.8 Å². The van der Waals surface area contributed by atoms with Gasteiger partial charge in [0.2, 0.25) is 0 Å². The Labute approximate surface area is 259 Å². The summed E-state index contributed by atoms with van der Waals surface area (Å²) < 4.78 is 37.6. The zero-order chi connectivity index (χ0) is 31.7. The molecule has 0 amide bonds. The first kappa shape index (κ1) is 32.9. The molecule has 0 radical (unpaired) electrons. The lowest BCUT2D eigenvalue weighted by Crippen LogP contribution is -2.52. The first-order chi connectivity index (χ1) is 20.0. The number of likely N-dealkylation sites (tertiary alicyclic amines) is 1. The summed E-state index contributed by atoms with van der Waals surface area (Å²) in [6.45, 7) is 16.9. The summed E-state index contributed by atoms with van der Waals surface area (Å²) >= 11 is 5.98. The molecule has 3 aromatic rings. The molecule has 7 nitrogen and oxygen atoms in total. The lowest BCUT2D eigenvalue weighted by atomic mass is 9.72. The predicted molar refractivity (Wildman–Crippen MR) is 167 cm³/mol. The number of ether oxygens (including phenoxy) is 1. The number of aromatic nitrogens is 3. The van der Waals surface area contributed by atoms with Crippen molar-refractivity contribution < 1.29 is 18.3 Å². The van der Waals surface area contributed by atoms with Crippen LogP contribution in [0.1, 0.15) is 78.3 Å². The minimum absolute atomic E-state index is 0.0304. The maximum absolute atomic E-state index is 15.3. The van der Waals surface area contributed by atoms with E-state index in [2.05, 4.69) is 41.1 Å². The Hall–Kier alpha value is -3.04. The Balaban J connectivity index is 1.56. The summed E-state index contributed by atoms with van der Waals surface area (Å²) in [4.78, 5) is 20.6. The number of benzene rings is 1. The van der Waals surface area contributed by atoms with Crippen LogP contribution >= 0.6 is 11.6 Å². The average Bonchev–Trinajstić information content (AvgIpc) is 3.27. The number of carbonyl (C=O) groups is 1. The van der Waals surface area contributed by atoms with Crippen molar-refractivity contribution in [2.45, 2.75) is 98.3 Å². The van der Waals surface area contributed by atoms with Crippen molar-refractivity contribution >= 4 is 29.2 Å². The fraction of sp³-hybridized carbons (Fsp3) is 0.545. The van der Waals surface area contributed by atoms with E-state index in [-0.39, 0.29) is 34.7 Å². The molecule has 0 aliphatic carbocycles. The number of pyridine rings is 1. The van der Waals surface area contributed by atoms with Gasteiger partial charge in [0, 0.05) is 30.8 Å². The molecule has 1 aromatic carbocycles. The number of aryl methyl sites for hydroxylation is 1. The van der Waals surface area contributed by atoms with Gasteiger partial charge in [0.05, 0.1) is 21.7 Å². The van der Waals surface area contributed by atoms with E-state index in [4.69, 9.17) is 16.3 Å². The van der Waals surface area contributed by atoms with Crippen LogP contribution in [0.2, 0.25) is 5.02 Å². The quantitative estimate of drug-likeness (QED) is 0.263. The van der Waals surface area contributed by atoms with Crippen LogP contribution in [0.5, 0.6) is 0 Å². The fourth-order valence-corrected chi connectivity index (χ4v) is 6.06. The molecule has 1 fully saturated rings. The lowest BCUT2D eigenvalue weighted by molar-refractivity contribution is -0.172. The van der Waals surface area contributed by atoms with E-state index in [1.165, 1.54) is 12.1 Å². The highest BCUT2D eigenvalue weighted by Crippen LogP contribution is 2.41. The number of halogens is 3. The van der Waals surface area contributed by atoms with E-state index in [1.54, 1.807) is 18.2 Å². The standard InChI is InChI=1S/C33H44ClF2N5O2/c1-21-18-28(39-41(21)31(3,4)5)38-27-13-12-25(35)26(37-27)20-33(30(42)43-32(6,7)8)15-17-40(22(2)19-33)16-14-23-10-9-11-24(34)29(23)36/h9-13,18,22H,14-17,19-20H2,1-8H3,(H,37,38,39). The molecule has 3 heterocycles. The molecule has 1 aliphatic rings. The second kappa shape index (κ2) is 12.5. The first-order valence-corrected chi connectivity index (χ1v) is 15.3. The van der Waals surface area contributed by atoms with Crippen molar-refractivity contribution in [2.75, 3.05) is 18.4 Å². The van der Waals surface area contributed by atoms with Crippen LogP contribution in [0.15, 0.2) is 36.4 Å². The van der Waals surface area contributed by atoms with Gasteiger partial charge in [-0.1, -0.05) is 23.7 Å². The summed E-state index contributed by atoms with van der Waals surface area (Å²) in [5, 5.41) is 7.97. The van der Waals surface area contributed by atoms with Crippen molar-refractivity contribution in [1.29, 1.82) is 0 Å². The van der Waals surface area contributed by atoms with Crippen LogP contribution in [0.25, 0.3) is 0 Å². The SMILES string of the molecule is Cc1cc(Nc2ccc(F)c(CC3(C(=O)OC(C)(C)C)CCN(CCc4cccc(Cl)c4F)C(C)C3)n2)nn1C(C)(C)C. The zero-order valence-corrected chi connectivity index (χ0v) is 27.3. The van der Waals surface area contributed by atoms with E-state index in [0.717, 1.165) is 5.69 Å². The van der Waals surface area contributed by atoms with Crippen LogP contribution in [-0.4, -0.2) is 50.4 Å². The predicted octanol–water partition coefficient (Wildman–Crippen LogP) is 7.61. The maximum Gasteiger partial charge on any atom is 0.313 e. The minimum Gasteiger partial charge on any atom is -0.460 e. The van der Waals surface area contributed by atoms with Crippen molar-refractivity contribution in [3.63, 3.8) is 0 Å². The van der Waals surface area contributed by atoms with E-state index >= 15 is 4.39 Å². The zero-order valence-electron chi connectivity index (χ0n) is 26.5. The highest BCUT2D eigenvalue weighted by molar-refractivity contribution is 6.30. The maximum atomic E-state index is 15.3. The second-order valence-electron chi connectivity index (χ2n) is 13.8. The Morgan fingerprint density at radius 2 is 1.86 bits per heavy atom. The number of esters is 1. The van der Waals surface area contributed by atoms with Gasteiger partial charge in [0.25, 0.3) is 0 Å². The smallest absolute Gasteiger partial charge is 0.313 e. The highest BCUT2D eigenvalue weighted by Gasteiger charge is 2.47. The molecule has 0 bridgehead atoms. The van der Waals surface area contributed by atoms with Crippen LogP contribution in [-0.2, 0) is 27.9 Å². The largest absolute Gasteiger partial charge is 0.460 e. The van der Waals surface area contributed by atoms with Crippen LogP contribution < -0.4 is 5.32 Å². The van der Waals surface area contributed by atoms with Gasteiger partial charge in [-0.05, 0) is 105 Å². The number of rotatable bonds is 8. The Morgan fingerprint density at radius 3 is 2.49 bits per heavy atom. The molecular formula is C33H44ClF2N5O2. The normalized spacial score (nSPS) is 19.8. The molecule has 1 saturated heterocycles. The van der Waals surface area contributed by atoms with Gasteiger partial charge >= 0.3 is 5.97 Å². The Bertz CT molecular complexity index is 1460. The van der Waals surface area contributed by atoms with Gasteiger partial charge in [-0.15, -0.1) is 0 Å². The molecule has 2 aromatic heterocycles. The molecule has 2 unspecified atom stereocenters. The molecule has 234 valence electrons. The molecule has 4 rings (SSSR count). The molecular weight excluding hydrogens is 572 g/mol. The highest BCUT2D eigenvalue weighted by atomic mass is 35.5. The van der Waals surface area contributed by atoms with Crippen LogP contribution in [0.3, 0.4) is 0 Å². The number of nitrogens with one attached hydrogen (secondary N) is 1. The first-order valence-electron chi connectivity index (χ1n) is 14.9. The molecule has 1 N–H and O–H groups in total. The third-order valence-electron chi connectivity index (χ3n) is 7.92. The van der Waals surface area contributed by atoms with Gasteiger partial charge in [-0.3, -0.25) is 9.48 Å². The third-order valence-corrected chi connectivity index (χ3v) is 8.21. The molecule has 43 heavy (non-hydrogen) atoms. The summed E-state index contributed by atoms with van der Waals surface area (Å²) in [5.74, 6) is -0.170. The van der Waals surface area contributed by atoms with E-state index in [1.807, 2.05) is 45.4 Å². The summed E-state index contributed by atoms with van der Waals surface area (Å²) in [7, 11) is 0. The van der Waals surface area contributed by atoms with Crippen molar-refractivity contribution in [2.24, 2.45) is 5.41 Å². The van der Waals surface area contributed by atoms with E-state index in [9.17, 15) is 9.18 Å². The van der Waals surface area contributed by atoms with E-state index < -0.39 is 22.7 Å². The van der Waals surface area contributed by atoms with Gasteiger partial charge in [0.1, 0.15) is 23.1 Å². The number of nitrogens with zero attached hydrogens (tertiary/aromatic N) is 4. The van der Waals surface area contributed by atoms with Crippen molar-refractivity contribution in [3.8, 4) is 0 Å². The summed E-state index contributed by atoms with van der Waals surface area (Å²) in [6.07, 6.45) is 1.50. The topological polar surface area (TPSA) is 72.3 Å². The molecule has 10 heteroatoms. The van der Waals surface area contributed by atoms with Gasteiger partial charge in [-0.2, -0.15) is 5.10 Å². The number of piperidine rings is 1. The monoisotopic (exact) mass is 615 g/mol. The lowest BCUT2D eigenvalue weighted by Gasteiger charge is -2.45. The number of hydrogen-bond donors (Lipinski definition) is 1. The number of carbonyl (C=O) groups excluding carboxylic acids is 1. The molecule has 2 atom stereocenters. The van der Waals surface area contributed by atoms with Crippen LogP contribution in [0, 0.1) is 24.0 Å². The molecule has 1 aliphatic heterocycles.